The van der Waals surface area contributed by atoms with Gasteiger partial charge in [-0.3, -0.25) is 37.3 Å². The number of aliphatic hydroxyl groups excluding tert-OH is 1. The number of hydrogen-bond acceptors (Lipinski definition) is 15. The predicted octanol–water partition coefficient (Wildman–Crippen LogP) is 22.7. The average Bonchev–Trinajstić information content (AvgIpc) is 1.47. The van der Waals surface area contributed by atoms with Crippen molar-refractivity contribution in [3.05, 3.63) is 0 Å². The fraction of sp³-hybridized carbons (Fsp3) is 0.948. The normalized spacial score (nSPS) is 14.3. The van der Waals surface area contributed by atoms with Crippen LogP contribution >= 0.6 is 15.6 Å². The Morgan fingerprint density at radius 3 is 0.792 bits per heavy atom. The molecular weight excluding hydrogens is 1260 g/mol. The van der Waals surface area contributed by atoms with Gasteiger partial charge in [0, 0.05) is 25.7 Å². The van der Waals surface area contributed by atoms with Crippen molar-refractivity contribution in [3.63, 3.8) is 0 Å². The van der Waals surface area contributed by atoms with E-state index in [2.05, 4.69) is 41.5 Å². The molecule has 6 atom stereocenters. The first-order valence-electron chi connectivity index (χ1n) is 40.0. The van der Waals surface area contributed by atoms with E-state index in [0.29, 0.717) is 31.6 Å². The lowest BCUT2D eigenvalue weighted by Crippen LogP contribution is -2.30. The zero-order valence-corrected chi connectivity index (χ0v) is 64.5. The monoisotopic (exact) mass is 1410 g/mol. The molecule has 0 heterocycles. The quantitative estimate of drug-likeness (QED) is 0.0222. The summed E-state index contributed by atoms with van der Waals surface area (Å²) >= 11 is 0. The highest BCUT2D eigenvalue weighted by Gasteiger charge is 2.30. The van der Waals surface area contributed by atoms with Crippen molar-refractivity contribution < 1.29 is 80.2 Å². The smallest absolute Gasteiger partial charge is 0.462 e. The second kappa shape index (κ2) is 68.8. The number of carbonyl (C=O) groups is 4. The van der Waals surface area contributed by atoms with Crippen LogP contribution in [0.25, 0.3) is 0 Å². The van der Waals surface area contributed by atoms with Crippen LogP contribution in [-0.2, 0) is 65.4 Å². The molecule has 570 valence electrons. The molecule has 0 saturated carbocycles. The minimum absolute atomic E-state index is 0.105. The van der Waals surface area contributed by atoms with Crippen LogP contribution in [0.4, 0.5) is 0 Å². The highest BCUT2D eigenvalue weighted by molar-refractivity contribution is 7.47. The van der Waals surface area contributed by atoms with Gasteiger partial charge < -0.3 is 33.8 Å². The lowest BCUT2D eigenvalue weighted by Gasteiger charge is -2.21. The first-order chi connectivity index (χ1) is 46.4. The van der Waals surface area contributed by atoms with Gasteiger partial charge >= 0.3 is 39.5 Å². The molecule has 0 amide bonds. The summed E-state index contributed by atoms with van der Waals surface area (Å²) in [4.78, 5) is 72.8. The molecule has 0 aliphatic rings. The molecular formula is C77H150O17P2. The maximum Gasteiger partial charge on any atom is 0.472 e. The fourth-order valence-electron chi connectivity index (χ4n) is 11.8. The van der Waals surface area contributed by atoms with E-state index in [4.69, 9.17) is 37.0 Å². The summed E-state index contributed by atoms with van der Waals surface area (Å²) in [7, 11) is -9.91. The standard InChI is InChI=1S/C77H150O17P2/c1-7-10-12-14-16-18-20-22-24-25-26-28-30-32-37-41-49-55-61-76(81)93-72(65-87-74(79)59-53-47-40-36-31-29-27-23-21-19-17-15-13-11-8-2)67-91-95(83,84)89-63-71(78)64-90-96(85,86)92-68-73(66-88-75(80)60-54-48-44-43-45-51-57-69(4)5)94-77(82)62-56-50-42-38-34-33-35-39-46-52-58-70(6)9-3/h69-73,78H,7-68H2,1-6H3,(H,83,84)(H,85,86)/t70?,71-,72-,73-/m1/s1. The minimum atomic E-state index is -4.96. The maximum atomic E-state index is 13.1. The van der Waals surface area contributed by atoms with Gasteiger partial charge in [-0.1, -0.05) is 350 Å². The predicted molar refractivity (Wildman–Crippen MR) is 391 cm³/mol. The first kappa shape index (κ1) is 94.1. The van der Waals surface area contributed by atoms with Gasteiger partial charge in [0.05, 0.1) is 26.4 Å². The fourth-order valence-corrected chi connectivity index (χ4v) is 13.4. The Balaban J connectivity index is 5.24. The Morgan fingerprint density at radius 2 is 0.531 bits per heavy atom. The Hall–Kier alpha value is -1.94. The molecule has 17 nitrogen and oxygen atoms in total. The van der Waals surface area contributed by atoms with Crippen LogP contribution < -0.4 is 0 Å². The molecule has 0 saturated heterocycles. The molecule has 0 fully saturated rings. The van der Waals surface area contributed by atoms with Crippen molar-refractivity contribution >= 4 is 39.5 Å². The van der Waals surface area contributed by atoms with E-state index < -0.39 is 97.5 Å². The molecule has 3 N–H and O–H groups in total. The summed E-state index contributed by atoms with van der Waals surface area (Å²) in [6.07, 6.45) is 56.9. The van der Waals surface area contributed by atoms with E-state index in [-0.39, 0.29) is 25.7 Å². The molecule has 96 heavy (non-hydrogen) atoms. The number of unbranched alkanes of at least 4 members (excludes halogenated alkanes) is 45. The van der Waals surface area contributed by atoms with Gasteiger partial charge in [0.2, 0.25) is 0 Å². The van der Waals surface area contributed by atoms with Crippen molar-refractivity contribution in [1.29, 1.82) is 0 Å². The lowest BCUT2D eigenvalue weighted by atomic mass is 9.99. The van der Waals surface area contributed by atoms with Crippen molar-refractivity contribution in [3.8, 4) is 0 Å². The van der Waals surface area contributed by atoms with Gasteiger partial charge in [0.25, 0.3) is 0 Å². The van der Waals surface area contributed by atoms with Crippen LogP contribution in [0.15, 0.2) is 0 Å². The molecule has 0 aliphatic carbocycles. The van der Waals surface area contributed by atoms with Gasteiger partial charge in [-0.2, -0.15) is 0 Å². The summed E-state index contributed by atoms with van der Waals surface area (Å²) in [6.45, 7) is 9.55. The van der Waals surface area contributed by atoms with E-state index in [1.54, 1.807) is 0 Å². The average molecular weight is 1410 g/mol. The molecule has 19 heteroatoms. The van der Waals surface area contributed by atoms with Crippen molar-refractivity contribution in [1.82, 2.24) is 0 Å². The van der Waals surface area contributed by atoms with Crippen LogP contribution in [0.5, 0.6) is 0 Å². The van der Waals surface area contributed by atoms with Crippen LogP contribution in [0, 0.1) is 11.8 Å². The van der Waals surface area contributed by atoms with Crippen LogP contribution in [0.3, 0.4) is 0 Å². The Labute approximate surface area is 588 Å². The highest BCUT2D eigenvalue weighted by atomic mass is 31.2. The first-order valence-corrected chi connectivity index (χ1v) is 43.0. The van der Waals surface area contributed by atoms with Crippen molar-refractivity contribution in [2.45, 2.75) is 419 Å². The van der Waals surface area contributed by atoms with E-state index in [1.165, 1.54) is 212 Å². The summed E-state index contributed by atoms with van der Waals surface area (Å²) < 4.78 is 68.6. The third-order valence-electron chi connectivity index (χ3n) is 18.3. The maximum absolute atomic E-state index is 13.1. The number of phosphoric acid groups is 2. The SMILES string of the molecule is CCCCCCCCCCCCCCCCCCCCC(=O)O[C@H](COC(=O)CCCCCCCCCCCCCCCCC)COP(=O)(O)OC[C@@H](O)COP(=O)(O)OC[C@@H](COC(=O)CCCCCCCCC(C)C)OC(=O)CCCCCCCCCCCCC(C)CC. The summed E-state index contributed by atoms with van der Waals surface area (Å²) in [6, 6.07) is 0. The topological polar surface area (TPSA) is 237 Å². The van der Waals surface area contributed by atoms with E-state index in [9.17, 15) is 43.2 Å². The molecule has 0 rings (SSSR count). The molecule has 0 aliphatic heterocycles. The second-order valence-electron chi connectivity index (χ2n) is 28.5. The van der Waals surface area contributed by atoms with Crippen LogP contribution in [0.1, 0.15) is 401 Å². The van der Waals surface area contributed by atoms with E-state index in [0.717, 1.165) is 102 Å². The lowest BCUT2D eigenvalue weighted by molar-refractivity contribution is -0.161. The zero-order valence-electron chi connectivity index (χ0n) is 62.7. The van der Waals surface area contributed by atoms with E-state index >= 15 is 0 Å². The molecule has 0 bridgehead atoms. The molecule has 0 aromatic heterocycles. The Bertz CT molecular complexity index is 1860. The number of ether oxygens (including phenoxy) is 4. The number of carbonyl (C=O) groups excluding carboxylic acids is 4. The molecule has 0 aromatic rings. The van der Waals surface area contributed by atoms with Gasteiger partial charge in [0.15, 0.2) is 12.2 Å². The molecule has 0 aromatic carbocycles. The van der Waals surface area contributed by atoms with Crippen LogP contribution in [-0.4, -0.2) is 96.7 Å². The van der Waals surface area contributed by atoms with Crippen molar-refractivity contribution in [2.75, 3.05) is 39.6 Å². The number of aliphatic hydroxyl groups is 1. The number of phosphoric ester groups is 2. The largest absolute Gasteiger partial charge is 0.472 e. The van der Waals surface area contributed by atoms with E-state index in [1.807, 2.05) is 0 Å². The number of rotatable bonds is 76. The van der Waals surface area contributed by atoms with Gasteiger partial charge in [-0.25, -0.2) is 9.13 Å². The Kier molecular flexibility index (Phi) is 67.4. The summed E-state index contributed by atoms with van der Waals surface area (Å²) in [5.74, 6) is -0.633. The van der Waals surface area contributed by atoms with Crippen LogP contribution in [0.2, 0.25) is 0 Å². The Morgan fingerprint density at radius 1 is 0.302 bits per heavy atom. The van der Waals surface area contributed by atoms with Gasteiger partial charge in [-0.15, -0.1) is 0 Å². The van der Waals surface area contributed by atoms with Gasteiger partial charge in [0.1, 0.15) is 19.3 Å². The minimum Gasteiger partial charge on any atom is -0.462 e. The van der Waals surface area contributed by atoms with Gasteiger partial charge in [-0.05, 0) is 37.5 Å². The highest BCUT2D eigenvalue weighted by Crippen LogP contribution is 2.45. The summed E-state index contributed by atoms with van der Waals surface area (Å²) in [5, 5.41) is 10.6. The second-order valence-corrected chi connectivity index (χ2v) is 31.4. The third kappa shape index (κ3) is 69.2. The molecule has 3 unspecified atom stereocenters. The number of esters is 4. The molecule has 0 radical (unpaired) electrons. The summed E-state index contributed by atoms with van der Waals surface area (Å²) in [5.41, 5.74) is 0. The zero-order chi connectivity index (χ0) is 70.7. The molecule has 0 spiro atoms. The van der Waals surface area contributed by atoms with Crippen molar-refractivity contribution in [2.24, 2.45) is 11.8 Å². The number of hydrogen-bond donors (Lipinski definition) is 3. The third-order valence-corrected chi connectivity index (χ3v) is 20.2.